The first-order chi connectivity index (χ1) is 13.6. The highest BCUT2D eigenvalue weighted by atomic mass is 16.5. The van der Waals surface area contributed by atoms with Gasteiger partial charge in [-0.3, -0.25) is 4.68 Å². The molecule has 142 valence electrons. The highest BCUT2D eigenvalue weighted by Gasteiger charge is 2.29. The summed E-state index contributed by atoms with van der Waals surface area (Å²) < 4.78 is 6.84. The third-order valence-electron chi connectivity index (χ3n) is 4.86. The molecule has 0 radical (unpaired) electrons. The van der Waals surface area contributed by atoms with Crippen molar-refractivity contribution in [1.82, 2.24) is 15.1 Å². The van der Waals surface area contributed by atoms with E-state index in [1.807, 2.05) is 36.4 Å². The highest BCUT2D eigenvalue weighted by Crippen LogP contribution is 2.44. The number of carboxylic acid groups (broad SMARTS) is 1. The van der Waals surface area contributed by atoms with Crippen LogP contribution in [0.15, 0.2) is 67.0 Å². The largest absolute Gasteiger partial charge is 0.480 e. The van der Waals surface area contributed by atoms with Crippen molar-refractivity contribution in [1.29, 1.82) is 0 Å². The first-order valence-corrected chi connectivity index (χ1v) is 8.95. The van der Waals surface area contributed by atoms with Gasteiger partial charge in [-0.25, -0.2) is 9.59 Å². The van der Waals surface area contributed by atoms with Crippen molar-refractivity contribution in [2.75, 3.05) is 6.61 Å². The van der Waals surface area contributed by atoms with Crippen molar-refractivity contribution in [3.8, 4) is 11.1 Å². The summed E-state index contributed by atoms with van der Waals surface area (Å²) in [7, 11) is 0. The van der Waals surface area contributed by atoms with Gasteiger partial charge >= 0.3 is 12.1 Å². The van der Waals surface area contributed by atoms with Gasteiger partial charge in [0.2, 0.25) is 0 Å². The minimum Gasteiger partial charge on any atom is -0.480 e. The number of ether oxygens (including phenoxy) is 1. The van der Waals surface area contributed by atoms with Crippen LogP contribution in [0.2, 0.25) is 0 Å². The fraction of sp³-hybridized carbons (Fsp3) is 0.190. The Morgan fingerprint density at radius 1 is 1.07 bits per heavy atom. The van der Waals surface area contributed by atoms with Crippen LogP contribution in [0.25, 0.3) is 11.1 Å². The second kappa shape index (κ2) is 7.56. The Bertz CT molecular complexity index is 955. The van der Waals surface area contributed by atoms with Crippen LogP contribution in [0.5, 0.6) is 0 Å². The van der Waals surface area contributed by atoms with Crippen molar-refractivity contribution in [2.45, 2.75) is 18.5 Å². The summed E-state index contributed by atoms with van der Waals surface area (Å²) in [6, 6.07) is 16.6. The number of benzene rings is 2. The molecule has 2 aromatic carbocycles. The molecule has 1 amide bonds. The van der Waals surface area contributed by atoms with Crippen LogP contribution in [0, 0.1) is 0 Å². The first-order valence-electron chi connectivity index (χ1n) is 8.95. The standard InChI is InChI=1S/C21H19N3O4/c25-20(26)19(12-24-11-5-10-22-24)23-21(27)28-13-18-16-8-3-1-6-14(16)15-7-2-4-9-17(15)18/h1-11,18-19H,12-13H2,(H,23,27)(H,25,26)/t19-/m0/s1. The maximum Gasteiger partial charge on any atom is 0.407 e. The average molecular weight is 377 g/mol. The number of amides is 1. The van der Waals surface area contributed by atoms with Gasteiger partial charge in [0.15, 0.2) is 0 Å². The molecule has 0 spiro atoms. The molecule has 1 heterocycles. The summed E-state index contributed by atoms with van der Waals surface area (Å²) in [6.07, 6.45) is 2.42. The van der Waals surface area contributed by atoms with Crippen LogP contribution in [0.4, 0.5) is 4.79 Å². The zero-order valence-electron chi connectivity index (χ0n) is 15.0. The number of carbonyl (C=O) groups is 2. The summed E-state index contributed by atoms with van der Waals surface area (Å²) in [6.45, 7) is 0.153. The van der Waals surface area contributed by atoms with Crippen molar-refractivity contribution < 1.29 is 19.4 Å². The first kappa shape index (κ1) is 17.8. The molecule has 0 saturated heterocycles. The zero-order valence-corrected chi connectivity index (χ0v) is 15.0. The Morgan fingerprint density at radius 3 is 2.29 bits per heavy atom. The summed E-state index contributed by atoms with van der Waals surface area (Å²) in [4.78, 5) is 23.7. The molecule has 7 nitrogen and oxygen atoms in total. The smallest absolute Gasteiger partial charge is 0.407 e. The van der Waals surface area contributed by atoms with Gasteiger partial charge in [-0.15, -0.1) is 0 Å². The summed E-state index contributed by atoms with van der Waals surface area (Å²) in [5.41, 5.74) is 4.47. The molecule has 4 rings (SSSR count). The van der Waals surface area contributed by atoms with E-state index in [-0.39, 0.29) is 19.1 Å². The van der Waals surface area contributed by atoms with Crippen molar-refractivity contribution in [2.24, 2.45) is 0 Å². The van der Waals surface area contributed by atoms with Crippen LogP contribution < -0.4 is 5.32 Å². The Kier molecular flexibility index (Phi) is 4.80. The number of hydrogen-bond acceptors (Lipinski definition) is 4. The van der Waals surface area contributed by atoms with Crippen LogP contribution in [0.1, 0.15) is 17.0 Å². The van der Waals surface area contributed by atoms with Gasteiger partial charge in [0.1, 0.15) is 12.6 Å². The fourth-order valence-corrected chi connectivity index (χ4v) is 3.56. The highest BCUT2D eigenvalue weighted by molar-refractivity contribution is 5.81. The van der Waals surface area contributed by atoms with Crippen LogP contribution in [0.3, 0.4) is 0 Å². The second-order valence-corrected chi connectivity index (χ2v) is 6.59. The number of carboxylic acids is 1. The molecule has 0 saturated carbocycles. The summed E-state index contributed by atoms with van der Waals surface area (Å²) in [5.74, 6) is -1.23. The lowest BCUT2D eigenvalue weighted by Crippen LogP contribution is -2.44. The molecule has 1 atom stereocenters. The predicted molar refractivity (Wildman–Crippen MR) is 102 cm³/mol. The van der Waals surface area contributed by atoms with E-state index in [0.29, 0.717) is 0 Å². The topological polar surface area (TPSA) is 93.5 Å². The quantitative estimate of drug-likeness (QED) is 0.689. The van der Waals surface area contributed by atoms with Crippen molar-refractivity contribution in [3.05, 3.63) is 78.1 Å². The molecule has 7 heteroatoms. The number of nitrogens with one attached hydrogen (secondary N) is 1. The van der Waals surface area contributed by atoms with Crippen LogP contribution in [-0.2, 0) is 16.1 Å². The molecular weight excluding hydrogens is 358 g/mol. The minimum absolute atomic E-state index is 0.0204. The van der Waals surface area contributed by atoms with E-state index < -0.39 is 18.1 Å². The van der Waals surface area contributed by atoms with Gasteiger partial charge in [-0.05, 0) is 28.3 Å². The number of rotatable bonds is 6. The maximum absolute atomic E-state index is 12.2. The summed E-state index contributed by atoms with van der Waals surface area (Å²) in [5, 5.41) is 15.7. The number of aromatic nitrogens is 2. The van der Waals surface area contributed by atoms with Crippen molar-refractivity contribution >= 4 is 12.1 Å². The molecule has 0 fully saturated rings. The molecule has 2 N–H and O–H groups in total. The normalized spacial score (nSPS) is 13.4. The Balaban J connectivity index is 1.44. The monoisotopic (exact) mass is 377 g/mol. The summed E-state index contributed by atoms with van der Waals surface area (Å²) >= 11 is 0. The van der Waals surface area contributed by atoms with E-state index >= 15 is 0 Å². The molecule has 1 aliphatic rings. The zero-order chi connectivity index (χ0) is 19.5. The van der Waals surface area contributed by atoms with Gasteiger partial charge in [0.25, 0.3) is 0 Å². The fourth-order valence-electron chi connectivity index (χ4n) is 3.56. The molecule has 1 aliphatic carbocycles. The maximum atomic E-state index is 12.2. The number of hydrogen-bond donors (Lipinski definition) is 2. The van der Waals surface area contributed by atoms with Gasteiger partial charge in [0.05, 0.1) is 6.54 Å². The van der Waals surface area contributed by atoms with E-state index in [2.05, 4.69) is 22.5 Å². The van der Waals surface area contributed by atoms with Crippen LogP contribution >= 0.6 is 0 Å². The molecular formula is C21H19N3O4. The third kappa shape index (κ3) is 3.46. The Morgan fingerprint density at radius 2 is 1.71 bits per heavy atom. The van der Waals surface area contributed by atoms with Gasteiger partial charge in [-0.1, -0.05) is 48.5 Å². The lowest BCUT2D eigenvalue weighted by atomic mass is 9.98. The van der Waals surface area contributed by atoms with Crippen molar-refractivity contribution in [3.63, 3.8) is 0 Å². The van der Waals surface area contributed by atoms with Gasteiger partial charge in [0, 0.05) is 18.3 Å². The number of carbonyl (C=O) groups excluding carboxylic acids is 1. The third-order valence-corrected chi connectivity index (χ3v) is 4.86. The molecule has 0 unspecified atom stereocenters. The number of alkyl carbamates (subject to hydrolysis) is 1. The molecule has 0 aliphatic heterocycles. The van der Waals surface area contributed by atoms with E-state index in [1.165, 1.54) is 4.68 Å². The lowest BCUT2D eigenvalue weighted by molar-refractivity contribution is -0.139. The minimum atomic E-state index is -1.15. The van der Waals surface area contributed by atoms with E-state index in [4.69, 9.17) is 4.74 Å². The van der Waals surface area contributed by atoms with Crippen LogP contribution in [-0.4, -0.2) is 39.6 Å². The van der Waals surface area contributed by atoms with Gasteiger partial charge < -0.3 is 15.2 Å². The Hall–Kier alpha value is -3.61. The van der Waals surface area contributed by atoms with Gasteiger partial charge in [-0.2, -0.15) is 5.10 Å². The molecule has 28 heavy (non-hydrogen) atoms. The lowest BCUT2D eigenvalue weighted by Gasteiger charge is -2.17. The predicted octanol–water partition coefficient (Wildman–Crippen LogP) is 2.88. The average Bonchev–Trinajstić information content (AvgIpc) is 3.32. The number of fused-ring (bicyclic) bond motifs is 3. The Labute approximate surface area is 161 Å². The SMILES string of the molecule is O=C(N[C@@H](Cn1cccn1)C(=O)O)OCC1c2ccccc2-c2ccccc21. The van der Waals surface area contributed by atoms with E-state index in [0.717, 1.165) is 22.3 Å². The molecule has 0 bridgehead atoms. The molecule has 1 aromatic heterocycles. The number of aliphatic carboxylic acids is 1. The number of nitrogens with zero attached hydrogens (tertiary/aromatic N) is 2. The van der Waals surface area contributed by atoms with E-state index in [9.17, 15) is 14.7 Å². The molecule has 3 aromatic rings. The van der Waals surface area contributed by atoms with E-state index in [1.54, 1.807) is 18.5 Å². The second-order valence-electron chi connectivity index (χ2n) is 6.59.